The second kappa shape index (κ2) is 8.62. The summed E-state index contributed by atoms with van der Waals surface area (Å²) in [6.45, 7) is 4.70. The average Bonchev–Trinajstić information content (AvgIpc) is 1.99. The van der Waals surface area contributed by atoms with Crippen LogP contribution in [-0.2, 0) is 13.6 Å². The normalized spacial score (nSPS) is 14.2. The van der Waals surface area contributed by atoms with Gasteiger partial charge in [0.25, 0.3) is 0 Å². The zero-order valence-corrected chi connectivity index (χ0v) is 13.8. The van der Waals surface area contributed by atoms with Gasteiger partial charge >= 0.3 is 7.60 Å². The van der Waals surface area contributed by atoms with Gasteiger partial charge < -0.3 is 35.6 Å². The van der Waals surface area contributed by atoms with Crippen LogP contribution in [0, 0.1) is 0 Å². The molecule has 0 spiro atoms. The summed E-state index contributed by atoms with van der Waals surface area (Å²) in [6, 6.07) is 0. The highest BCUT2D eigenvalue weighted by Crippen LogP contribution is 2.48. The second-order valence-corrected chi connectivity index (χ2v) is 6.86. The van der Waals surface area contributed by atoms with Crippen molar-refractivity contribution in [3.63, 3.8) is 0 Å². The van der Waals surface area contributed by atoms with Gasteiger partial charge in [0.2, 0.25) is 0 Å². The van der Waals surface area contributed by atoms with Gasteiger partial charge in [-0.15, -0.1) is 0 Å². The molecule has 17 heavy (non-hydrogen) atoms. The van der Waals surface area contributed by atoms with Crippen LogP contribution in [0.4, 0.5) is 0 Å². The highest BCUT2D eigenvalue weighted by molar-refractivity contribution is 7.53. The zero-order valence-electron chi connectivity index (χ0n) is 11.4. The van der Waals surface area contributed by atoms with E-state index in [1.165, 1.54) is 0 Å². The number of aliphatic hydroxyl groups excluding tert-OH is 1. The van der Waals surface area contributed by atoms with Crippen molar-refractivity contribution in [2.45, 2.75) is 20.0 Å². The summed E-state index contributed by atoms with van der Waals surface area (Å²) in [4.78, 5) is 0. The first-order valence-electron chi connectivity index (χ1n) is 5.59. The summed E-state index contributed by atoms with van der Waals surface area (Å²) in [5, 5.41) is 9.83. The number of aliphatic hydroxyl groups is 1. The third kappa shape index (κ3) is 10.2. The smallest absolute Gasteiger partial charge is 0.333 e. The minimum absolute atomic E-state index is 0. The van der Waals surface area contributed by atoms with Crippen molar-refractivity contribution in [2.75, 3.05) is 47.1 Å². The molecule has 0 fully saturated rings. The van der Waals surface area contributed by atoms with E-state index >= 15 is 0 Å². The summed E-state index contributed by atoms with van der Waals surface area (Å²) in [5.74, 6) is 0. The molecule has 0 unspecified atom stereocenters. The Morgan fingerprint density at radius 2 is 1.59 bits per heavy atom. The molecule has 0 aliphatic carbocycles. The lowest BCUT2D eigenvalue weighted by atomic mass is 10.3. The fourth-order valence-corrected chi connectivity index (χ4v) is 3.19. The summed E-state index contributed by atoms with van der Waals surface area (Å²) < 4.78 is 23.0. The summed E-state index contributed by atoms with van der Waals surface area (Å²) in [6.07, 6.45) is -0.617. The maximum Gasteiger partial charge on any atom is 0.333 e. The lowest BCUT2D eigenvalue weighted by Crippen LogP contribution is -3.00. The molecule has 0 aromatic carbocycles. The average molecular weight is 334 g/mol. The fourth-order valence-electron chi connectivity index (χ4n) is 1.48. The van der Waals surface area contributed by atoms with E-state index in [0.717, 1.165) is 0 Å². The predicted molar refractivity (Wildman–Crippen MR) is 64.6 cm³/mol. The first-order valence-corrected chi connectivity index (χ1v) is 7.32. The second-order valence-electron chi connectivity index (χ2n) is 4.76. The number of nitrogens with zero attached hydrogens (tertiary/aromatic N) is 1. The van der Waals surface area contributed by atoms with Crippen molar-refractivity contribution in [1.29, 1.82) is 0 Å². The van der Waals surface area contributed by atoms with E-state index in [1.54, 1.807) is 13.8 Å². The van der Waals surface area contributed by atoms with Gasteiger partial charge in [-0.25, -0.2) is 0 Å². The molecule has 0 rings (SSSR count). The molecule has 0 saturated heterocycles. The van der Waals surface area contributed by atoms with Crippen LogP contribution in [-0.4, -0.2) is 62.8 Å². The van der Waals surface area contributed by atoms with Crippen molar-refractivity contribution in [1.82, 2.24) is 0 Å². The van der Waals surface area contributed by atoms with Gasteiger partial charge in [-0.1, -0.05) is 0 Å². The molecule has 106 valence electrons. The van der Waals surface area contributed by atoms with Gasteiger partial charge in [0.15, 0.2) is 0 Å². The molecule has 1 atom stereocenters. The molecule has 0 aromatic heterocycles. The Bertz CT molecular complexity index is 235. The van der Waals surface area contributed by atoms with Crippen molar-refractivity contribution < 1.29 is 40.2 Å². The Morgan fingerprint density at radius 1 is 1.18 bits per heavy atom. The highest BCUT2D eigenvalue weighted by Gasteiger charge is 2.30. The molecule has 0 aromatic rings. The number of likely N-dealkylation sites (N-methyl/N-ethyl adjacent to an activating group) is 1. The van der Waals surface area contributed by atoms with Crippen LogP contribution < -0.4 is 17.0 Å². The molecule has 7 heteroatoms. The van der Waals surface area contributed by atoms with Crippen LogP contribution in [0.15, 0.2) is 0 Å². The third-order valence-corrected chi connectivity index (χ3v) is 4.02. The molecule has 0 amide bonds. The predicted octanol–water partition coefficient (Wildman–Crippen LogP) is -1.68. The lowest BCUT2D eigenvalue weighted by molar-refractivity contribution is -0.873. The van der Waals surface area contributed by atoms with Gasteiger partial charge in [-0.2, -0.15) is 0 Å². The molecule has 0 heterocycles. The number of rotatable bonds is 8. The molecule has 0 radical (unpaired) electrons. The van der Waals surface area contributed by atoms with Gasteiger partial charge in [-0.3, -0.25) is 4.57 Å². The van der Waals surface area contributed by atoms with Crippen LogP contribution in [0.3, 0.4) is 0 Å². The van der Waals surface area contributed by atoms with Gasteiger partial charge in [0, 0.05) is 0 Å². The van der Waals surface area contributed by atoms with Crippen molar-refractivity contribution in [3.8, 4) is 0 Å². The molecule has 1 N–H and O–H groups in total. The van der Waals surface area contributed by atoms with Gasteiger partial charge in [-0.05, 0) is 13.8 Å². The van der Waals surface area contributed by atoms with E-state index in [2.05, 4.69) is 0 Å². The Labute approximate surface area is 115 Å². The zero-order chi connectivity index (χ0) is 12.8. The molecule has 0 aliphatic rings. The standard InChI is InChI=1S/C10H25NO4P.BrH/c1-6-14-16(13,15-7-2)9-10(12)8-11(3,4)5;/h10,12H,6-9H2,1-5H3;1H/q+1;/p-1/t10-;/m0./s1. The third-order valence-electron chi connectivity index (χ3n) is 1.84. The maximum absolute atomic E-state index is 12.1. The van der Waals surface area contributed by atoms with Crippen molar-refractivity contribution >= 4 is 7.60 Å². The van der Waals surface area contributed by atoms with E-state index in [9.17, 15) is 9.67 Å². The van der Waals surface area contributed by atoms with Crippen LogP contribution in [0.25, 0.3) is 0 Å². The Balaban J connectivity index is 0. The minimum Gasteiger partial charge on any atom is -1.00 e. The van der Waals surface area contributed by atoms with Gasteiger partial charge in [0.05, 0.1) is 40.5 Å². The van der Waals surface area contributed by atoms with Crippen LogP contribution >= 0.6 is 7.60 Å². The highest BCUT2D eigenvalue weighted by atomic mass is 79.9. The molecular formula is C10H25BrNO4P. The first kappa shape index (κ1) is 19.9. The maximum atomic E-state index is 12.1. The Kier molecular flexibility index (Phi) is 10.1. The van der Waals surface area contributed by atoms with Crippen molar-refractivity contribution in [2.24, 2.45) is 0 Å². The Hall–Kier alpha value is 0.550. The first-order chi connectivity index (χ1) is 7.22. The fraction of sp³-hybridized carbons (Fsp3) is 1.00. The topological polar surface area (TPSA) is 55.8 Å². The van der Waals surface area contributed by atoms with E-state index in [1.807, 2.05) is 21.1 Å². The Morgan fingerprint density at radius 3 is 1.88 bits per heavy atom. The minimum atomic E-state index is -3.12. The van der Waals surface area contributed by atoms with Crippen LogP contribution in [0.1, 0.15) is 13.8 Å². The SMILES string of the molecule is CCOP(=O)(C[C@@H](O)C[N+](C)(C)C)OCC.[Br-]. The monoisotopic (exact) mass is 333 g/mol. The largest absolute Gasteiger partial charge is 1.00 e. The summed E-state index contributed by atoms with van der Waals surface area (Å²) in [7, 11) is 2.78. The molecule has 0 aliphatic heterocycles. The van der Waals surface area contributed by atoms with Crippen LogP contribution in [0.2, 0.25) is 0 Å². The molecule has 0 bridgehead atoms. The number of halogens is 1. The number of quaternary nitrogens is 1. The summed E-state index contributed by atoms with van der Waals surface area (Å²) in [5.41, 5.74) is 0. The lowest BCUT2D eigenvalue weighted by Gasteiger charge is -2.28. The van der Waals surface area contributed by atoms with E-state index in [-0.39, 0.29) is 23.1 Å². The summed E-state index contributed by atoms with van der Waals surface area (Å²) >= 11 is 0. The quantitative estimate of drug-likeness (QED) is 0.426. The van der Waals surface area contributed by atoms with Crippen molar-refractivity contribution in [3.05, 3.63) is 0 Å². The molecule has 0 saturated carbocycles. The molecular weight excluding hydrogens is 309 g/mol. The van der Waals surface area contributed by atoms with Crippen LogP contribution in [0.5, 0.6) is 0 Å². The molecule has 5 nitrogen and oxygen atoms in total. The van der Waals surface area contributed by atoms with Gasteiger partial charge in [0.1, 0.15) is 12.6 Å². The van der Waals surface area contributed by atoms with E-state index in [4.69, 9.17) is 9.05 Å². The number of hydrogen-bond donors (Lipinski definition) is 1. The number of hydrogen-bond acceptors (Lipinski definition) is 4. The van der Waals surface area contributed by atoms with E-state index in [0.29, 0.717) is 24.2 Å². The van der Waals surface area contributed by atoms with E-state index < -0.39 is 13.7 Å².